The fourth-order valence-electron chi connectivity index (χ4n) is 1.45. The molecule has 2 heterocycles. The average Bonchev–Trinajstić information content (AvgIpc) is 2.22. The van der Waals surface area contributed by atoms with Crippen molar-refractivity contribution in [2.45, 2.75) is 13.8 Å². The van der Waals surface area contributed by atoms with E-state index in [1.807, 2.05) is 19.1 Å². The lowest BCUT2D eigenvalue weighted by Crippen LogP contribution is -2.11. The number of nitrogens with zero attached hydrogens (tertiary/aromatic N) is 2. The SMILES string of the molecule is Cc1cc(-c2nc[nH]c(=O)c2C)ccn1. The van der Waals surface area contributed by atoms with Crippen molar-refractivity contribution < 1.29 is 0 Å². The fourth-order valence-corrected chi connectivity index (χ4v) is 1.45. The minimum absolute atomic E-state index is 0.102. The Hall–Kier alpha value is -1.97. The molecule has 0 saturated carbocycles. The van der Waals surface area contributed by atoms with Gasteiger partial charge in [-0.2, -0.15) is 0 Å². The molecule has 76 valence electrons. The van der Waals surface area contributed by atoms with Crippen LogP contribution in [0.3, 0.4) is 0 Å². The first-order valence-electron chi connectivity index (χ1n) is 4.66. The molecule has 0 atom stereocenters. The summed E-state index contributed by atoms with van der Waals surface area (Å²) in [5, 5.41) is 0. The maximum Gasteiger partial charge on any atom is 0.254 e. The van der Waals surface area contributed by atoms with E-state index < -0.39 is 0 Å². The summed E-state index contributed by atoms with van der Waals surface area (Å²) in [5.74, 6) is 0. The molecule has 15 heavy (non-hydrogen) atoms. The molecular weight excluding hydrogens is 190 g/mol. The number of aryl methyl sites for hydroxylation is 1. The average molecular weight is 201 g/mol. The van der Waals surface area contributed by atoms with Gasteiger partial charge >= 0.3 is 0 Å². The van der Waals surface area contributed by atoms with Gasteiger partial charge in [0, 0.05) is 23.0 Å². The van der Waals surface area contributed by atoms with Gasteiger partial charge < -0.3 is 4.98 Å². The van der Waals surface area contributed by atoms with Crippen LogP contribution in [0.4, 0.5) is 0 Å². The Morgan fingerprint density at radius 2 is 2.07 bits per heavy atom. The highest BCUT2D eigenvalue weighted by molar-refractivity contribution is 5.61. The molecular formula is C11H11N3O. The van der Waals surface area contributed by atoms with Gasteiger partial charge in [-0.15, -0.1) is 0 Å². The van der Waals surface area contributed by atoms with Crippen molar-refractivity contribution >= 4 is 0 Å². The van der Waals surface area contributed by atoms with E-state index in [0.29, 0.717) is 11.3 Å². The van der Waals surface area contributed by atoms with Crippen LogP contribution in [0.25, 0.3) is 11.3 Å². The lowest BCUT2D eigenvalue weighted by molar-refractivity contribution is 1.08. The quantitative estimate of drug-likeness (QED) is 0.759. The molecule has 0 radical (unpaired) electrons. The normalized spacial score (nSPS) is 10.3. The van der Waals surface area contributed by atoms with Crippen LogP contribution < -0.4 is 5.56 Å². The van der Waals surface area contributed by atoms with Gasteiger partial charge in [-0.25, -0.2) is 4.98 Å². The summed E-state index contributed by atoms with van der Waals surface area (Å²) >= 11 is 0. The summed E-state index contributed by atoms with van der Waals surface area (Å²) in [5.41, 5.74) is 3.07. The van der Waals surface area contributed by atoms with E-state index in [0.717, 1.165) is 11.3 Å². The van der Waals surface area contributed by atoms with E-state index in [2.05, 4.69) is 15.0 Å². The zero-order valence-electron chi connectivity index (χ0n) is 8.61. The Morgan fingerprint density at radius 3 is 2.80 bits per heavy atom. The molecule has 0 amide bonds. The van der Waals surface area contributed by atoms with E-state index in [9.17, 15) is 4.79 Å². The number of H-pyrrole nitrogens is 1. The molecule has 0 saturated heterocycles. The molecule has 4 nitrogen and oxygen atoms in total. The van der Waals surface area contributed by atoms with E-state index in [1.54, 1.807) is 13.1 Å². The largest absolute Gasteiger partial charge is 0.313 e. The zero-order valence-corrected chi connectivity index (χ0v) is 8.61. The van der Waals surface area contributed by atoms with Crippen LogP contribution in [0.5, 0.6) is 0 Å². The van der Waals surface area contributed by atoms with Crippen molar-refractivity contribution in [1.29, 1.82) is 0 Å². The molecule has 2 aromatic rings. The number of pyridine rings is 1. The van der Waals surface area contributed by atoms with Crippen molar-refractivity contribution in [2.75, 3.05) is 0 Å². The van der Waals surface area contributed by atoms with E-state index in [1.165, 1.54) is 6.33 Å². The summed E-state index contributed by atoms with van der Waals surface area (Å²) in [6, 6.07) is 3.76. The Balaban J connectivity index is 2.64. The van der Waals surface area contributed by atoms with Gasteiger partial charge in [0.1, 0.15) is 0 Å². The first-order chi connectivity index (χ1) is 7.18. The first-order valence-corrected chi connectivity index (χ1v) is 4.66. The van der Waals surface area contributed by atoms with E-state index >= 15 is 0 Å². The molecule has 0 fully saturated rings. The van der Waals surface area contributed by atoms with Crippen molar-refractivity contribution in [1.82, 2.24) is 15.0 Å². The van der Waals surface area contributed by atoms with Crippen LogP contribution in [-0.4, -0.2) is 15.0 Å². The number of hydrogen-bond acceptors (Lipinski definition) is 3. The van der Waals surface area contributed by atoms with Gasteiger partial charge in [-0.05, 0) is 26.0 Å². The van der Waals surface area contributed by atoms with Crippen LogP contribution in [0.1, 0.15) is 11.3 Å². The Kier molecular flexibility index (Phi) is 2.33. The lowest BCUT2D eigenvalue weighted by Gasteiger charge is -2.03. The predicted molar refractivity (Wildman–Crippen MR) is 57.6 cm³/mol. The highest BCUT2D eigenvalue weighted by Gasteiger charge is 2.06. The molecule has 0 aromatic carbocycles. The van der Waals surface area contributed by atoms with Crippen molar-refractivity contribution in [3.63, 3.8) is 0 Å². The number of hydrogen-bond donors (Lipinski definition) is 1. The molecule has 0 aliphatic carbocycles. The van der Waals surface area contributed by atoms with Gasteiger partial charge in [-0.1, -0.05) is 0 Å². The minimum Gasteiger partial charge on any atom is -0.313 e. The minimum atomic E-state index is -0.102. The summed E-state index contributed by atoms with van der Waals surface area (Å²) < 4.78 is 0. The fraction of sp³-hybridized carbons (Fsp3) is 0.182. The summed E-state index contributed by atoms with van der Waals surface area (Å²) in [4.78, 5) is 22.2. The third-order valence-electron chi connectivity index (χ3n) is 2.26. The highest BCUT2D eigenvalue weighted by atomic mass is 16.1. The van der Waals surface area contributed by atoms with Crippen LogP contribution in [0.15, 0.2) is 29.5 Å². The second kappa shape index (κ2) is 3.65. The maximum absolute atomic E-state index is 11.4. The van der Waals surface area contributed by atoms with Gasteiger partial charge in [0.15, 0.2) is 0 Å². The topological polar surface area (TPSA) is 58.6 Å². The molecule has 0 spiro atoms. The van der Waals surface area contributed by atoms with Gasteiger partial charge in [0.05, 0.1) is 12.0 Å². The highest BCUT2D eigenvalue weighted by Crippen LogP contribution is 2.17. The van der Waals surface area contributed by atoms with Gasteiger partial charge in [-0.3, -0.25) is 9.78 Å². The van der Waals surface area contributed by atoms with Gasteiger partial charge in [0.2, 0.25) is 0 Å². The van der Waals surface area contributed by atoms with Gasteiger partial charge in [0.25, 0.3) is 5.56 Å². The Bertz CT molecular complexity index is 546. The smallest absolute Gasteiger partial charge is 0.254 e. The molecule has 2 aromatic heterocycles. The molecule has 0 unspecified atom stereocenters. The molecule has 0 aliphatic heterocycles. The van der Waals surface area contributed by atoms with Crippen LogP contribution >= 0.6 is 0 Å². The molecule has 4 heteroatoms. The number of nitrogens with one attached hydrogen (secondary N) is 1. The van der Waals surface area contributed by atoms with Crippen molar-refractivity contribution in [3.8, 4) is 11.3 Å². The zero-order chi connectivity index (χ0) is 10.8. The first kappa shape index (κ1) is 9.58. The molecule has 2 rings (SSSR count). The number of aromatic amines is 1. The molecule has 1 N–H and O–H groups in total. The summed E-state index contributed by atoms with van der Waals surface area (Å²) in [7, 11) is 0. The van der Waals surface area contributed by atoms with Crippen molar-refractivity contribution in [2.24, 2.45) is 0 Å². The number of rotatable bonds is 1. The standard InChI is InChI=1S/C11H11N3O/c1-7-5-9(3-4-12-7)10-8(2)11(15)14-6-13-10/h3-6H,1-2H3,(H,13,14,15). The lowest BCUT2D eigenvalue weighted by atomic mass is 10.1. The summed E-state index contributed by atoms with van der Waals surface area (Å²) in [6.45, 7) is 3.67. The van der Waals surface area contributed by atoms with Crippen molar-refractivity contribution in [3.05, 3.63) is 46.3 Å². The predicted octanol–water partition coefficient (Wildman–Crippen LogP) is 1.45. The Morgan fingerprint density at radius 1 is 1.27 bits per heavy atom. The Labute approximate surface area is 87.0 Å². The third-order valence-corrected chi connectivity index (χ3v) is 2.26. The van der Waals surface area contributed by atoms with Crippen LogP contribution in [0, 0.1) is 13.8 Å². The second-order valence-corrected chi connectivity index (χ2v) is 3.39. The summed E-state index contributed by atoms with van der Waals surface area (Å²) in [6.07, 6.45) is 3.13. The monoisotopic (exact) mass is 201 g/mol. The van der Waals surface area contributed by atoms with E-state index in [-0.39, 0.29) is 5.56 Å². The van der Waals surface area contributed by atoms with Crippen LogP contribution in [0.2, 0.25) is 0 Å². The maximum atomic E-state index is 11.4. The van der Waals surface area contributed by atoms with Crippen LogP contribution in [-0.2, 0) is 0 Å². The molecule has 0 bridgehead atoms. The molecule has 0 aliphatic rings. The van der Waals surface area contributed by atoms with E-state index in [4.69, 9.17) is 0 Å². The number of aromatic nitrogens is 3. The third kappa shape index (κ3) is 1.79. The second-order valence-electron chi connectivity index (χ2n) is 3.39.